The smallest absolute Gasteiger partial charge is 0.257 e. The van der Waals surface area contributed by atoms with Crippen LogP contribution in [0, 0.1) is 11.8 Å². The van der Waals surface area contributed by atoms with Crippen molar-refractivity contribution in [2.45, 2.75) is 26.7 Å². The summed E-state index contributed by atoms with van der Waals surface area (Å²) in [6.07, 6.45) is 3.98. The quantitative estimate of drug-likeness (QED) is 0.856. The second-order valence-electron chi connectivity index (χ2n) is 5.49. The maximum Gasteiger partial charge on any atom is 0.257 e. The first-order chi connectivity index (χ1) is 9.13. The minimum absolute atomic E-state index is 0.0609. The molecular weight excluding hydrogens is 238 g/mol. The molecule has 1 aromatic rings. The molecule has 1 aliphatic rings. The summed E-state index contributed by atoms with van der Waals surface area (Å²) in [5, 5.41) is 3.22. The highest BCUT2D eigenvalue weighted by Gasteiger charge is 2.34. The molecule has 104 valence electrons. The zero-order chi connectivity index (χ0) is 13.8. The number of carbonyl (C=O) groups is 1. The Morgan fingerprint density at radius 2 is 2.32 bits per heavy atom. The van der Waals surface area contributed by atoms with Crippen molar-refractivity contribution in [1.82, 2.24) is 9.88 Å². The third kappa shape index (κ3) is 3.46. The minimum Gasteiger partial charge on any atom is -0.369 e. The van der Waals surface area contributed by atoms with Gasteiger partial charge in [-0.2, -0.15) is 0 Å². The zero-order valence-corrected chi connectivity index (χ0v) is 12.0. The lowest BCUT2D eigenvalue weighted by Crippen LogP contribution is -2.30. The van der Waals surface area contributed by atoms with Crippen LogP contribution in [0.3, 0.4) is 0 Å². The van der Waals surface area contributed by atoms with E-state index in [2.05, 4.69) is 24.1 Å². The Morgan fingerprint density at radius 3 is 2.95 bits per heavy atom. The van der Waals surface area contributed by atoms with Crippen molar-refractivity contribution < 1.29 is 4.79 Å². The van der Waals surface area contributed by atoms with Crippen LogP contribution in [0.5, 0.6) is 0 Å². The summed E-state index contributed by atoms with van der Waals surface area (Å²) < 4.78 is 0. The van der Waals surface area contributed by atoms with E-state index in [4.69, 9.17) is 0 Å². The average molecular weight is 261 g/mol. The number of anilines is 1. The Morgan fingerprint density at radius 1 is 1.58 bits per heavy atom. The summed E-state index contributed by atoms with van der Waals surface area (Å²) in [5.41, 5.74) is 0.673. The van der Waals surface area contributed by atoms with Crippen LogP contribution < -0.4 is 5.32 Å². The van der Waals surface area contributed by atoms with Gasteiger partial charge in [-0.15, -0.1) is 0 Å². The molecule has 1 saturated carbocycles. The fourth-order valence-corrected chi connectivity index (χ4v) is 2.26. The van der Waals surface area contributed by atoms with Crippen LogP contribution in [0.2, 0.25) is 0 Å². The van der Waals surface area contributed by atoms with Gasteiger partial charge in [-0.25, -0.2) is 4.98 Å². The number of nitrogens with zero attached hydrogens (tertiary/aromatic N) is 2. The molecule has 0 aliphatic heterocycles. The van der Waals surface area contributed by atoms with Crippen LogP contribution >= 0.6 is 0 Å². The molecule has 1 aromatic heterocycles. The molecule has 0 bridgehead atoms. The fraction of sp³-hybridized carbons (Fsp3) is 0.600. The van der Waals surface area contributed by atoms with Crippen molar-refractivity contribution in [3.8, 4) is 0 Å². The van der Waals surface area contributed by atoms with Crippen LogP contribution in [0.25, 0.3) is 0 Å². The Balaban J connectivity index is 2.04. The highest BCUT2D eigenvalue weighted by molar-refractivity contribution is 5.98. The van der Waals surface area contributed by atoms with E-state index in [0.717, 1.165) is 25.4 Å². The fourth-order valence-electron chi connectivity index (χ4n) is 2.26. The van der Waals surface area contributed by atoms with Gasteiger partial charge >= 0.3 is 0 Å². The van der Waals surface area contributed by atoms with Crippen molar-refractivity contribution in [3.05, 3.63) is 23.9 Å². The summed E-state index contributed by atoms with van der Waals surface area (Å²) in [6.45, 7) is 6.02. The van der Waals surface area contributed by atoms with Gasteiger partial charge in [0.2, 0.25) is 0 Å². The summed E-state index contributed by atoms with van der Waals surface area (Å²) in [6, 6.07) is 3.66. The number of nitrogens with one attached hydrogen (secondary N) is 1. The van der Waals surface area contributed by atoms with Gasteiger partial charge in [0.05, 0.1) is 5.56 Å². The molecule has 0 aromatic carbocycles. The highest BCUT2D eigenvalue weighted by Crippen LogP contribution is 2.38. The number of hydrogen-bond acceptors (Lipinski definition) is 3. The first-order valence-corrected chi connectivity index (χ1v) is 7.07. The average Bonchev–Trinajstić information content (AvgIpc) is 3.11. The standard InChI is InChI=1S/C15H23N3O/c1-4-7-16-14-13(6-5-8-17-14)15(19)18(3)10-12-9-11(12)2/h5-6,8,11-12H,4,7,9-10H2,1-3H3,(H,16,17). The molecule has 0 saturated heterocycles. The topological polar surface area (TPSA) is 45.2 Å². The summed E-state index contributed by atoms with van der Waals surface area (Å²) in [4.78, 5) is 18.5. The maximum absolute atomic E-state index is 12.4. The third-order valence-corrected chi connectivity index (χ3v) is 3.71. The van der Waals surface area contributed by atoms with Gasteiger partial charge in [0.15, 0.2) is 0 Å². The van der Waals surface area contributed by atoms with Gasteiger partial charge in [0, 0.05) is 26.3 Å². The number of amides is 1. The lowest BCUT2D eigenvalue weighted by atomic mass is 10.2. The van der Waals surface area contributed by atoms with Crippen molar-refractivity contribution in [3.63, 3.8) is 0 Å². The molecule has 19 heavy (non-hydrogen) atoms. The van der Waals surface area contributed by atoms with E-state index >= 15 is 0 Å². The molecule has 0 spiro atoms. The van der Waals surface area contributed by atoms with Crippen LogP contribution in [0.4, 0.5) is 5.82 Å². The van der Waals surface area contributed by atoms with Crippen LogP contribution in [-0.4, -0.2) is 35.9 Å². The van der Waals surface area contributed by atoms with Gasteiger partial charge in [-0.1, -0.05) is 13.8 Å². The van der Waals surface area contributed by atoms with Crippen LogP contribution in [-0.2, 0) is 0 Å². The zero-order valence-electron chi connectivity index (χ0n) is 12.0. The first-order valence-electron chi connectivity index (χ1n) is 7.07. The Kier molecular flexibility index (Phi) is 4.40. The molecule has 1 heterocycles. The lowest BCUT2D eigenvalue weighted by molar-refractivity contribution is 0.0787. The second-order valence-corrected chi connectivity index (χ2v) is 5.49. The predicted molar refractivity (Wildman–Crippen MR) is 77.2 cm³/mol. The minimum atomic E-state index is 0.0609. The molecule has 1 amide bonds. The molecule has 1 aliphatic carbocycles. The van der Waals surface area contributed by atoms with Crippen molar-refractivity contribution in [2.75, 3.05) is 25.5 Å². The highest BCUT2D eigenvalue weighted by atomic mass is 16.2. The molecule has 2 atom stereocenters. The molecule has 0 radical (unpaired) electrons. The van der Waals surface area contributed by atoms with Crippen molar-refractivity contribution in [2.24, 2.45) is 11.8 Å². The monoisotopic (exact) mass is 261 g/mol. The molecule has 1 N–H and O–H groups in total. The van der Waals surface area contributed by atoms with E-state index < -0.39 is 0 Å². The van der Waals surface area contributed by atoms with E-state index in [1.54, 1.807) is 6.20 Å². The molecule has 4 heteroatoms. The van der Waals surface area contributed by atoms with Crippen LogP contribution in [0.15, 0.2) is 18.3 Å². The Hall–Kier alpha value is -1.58. The molecule has 1 fully saturated rings. The molecular formula is C15H23N3O. The van der Waals surface area contributed by atoms with E-state index in [1.807, 2.05) is 24.1 Å². The van der Waals surface area contributed by atoms with Gasteiger partial charge in [-0.05, 0) is 36.8 Å². The number of pyridine rings is 1. The van der Waals surface area contributed by atoms with E-state index in [9.17, 15) is 4.79 Å². The first kappa shape index (κ1) is 13.8. The lowest BCUT2D eigenvalue weighted by Gasteiger charge is -2.19. The second kappa shape index (κ2) is 6.04. The number of rotatable bonds is 6. The number of carbonyl (C=O) groups excluding carboxylic acids is 1. The number of hydrogen-bond donors (Lipinski definition) is 1. The summed E-state index contributed by atoms with van der Waals surface area (Å²) in [5.74, 6) is 2.20. The van der Waals surface area contributed by atoms with Gasteiger partial charge < -0.3 is 10.2 Å². The van der Waals surface area contributed by atoms with Crippen molar-refractivity contribution >= 4 is 11.7 Å². The molecule has 2 rings (SSSR count). The Bertz CT molecular complexity index is 447. The van der Waals surface area contributed by atoms with E-state index in [-0.39, 0.29) is 5.91 Å². The van der Waals surface area contributed by atoms with Crippen LogP contribution in [0.1, 0.15) is 37.0 Å². The largest absolute Gasteiger partial charge is 0.369 e. The van der Waals surface area contributed by atoms with Gasteiger partial charge in [0.1, 0.15) is 5.82 Å². The van der Waals surface area contributed by atoms with E-state index in [1.165, 1.54) is 6.42 Å². The SMILES string of the molecule is CCCNc1ncccc1C(=O)N(C)CC1CC1C. The predicted octanol–water partition coefficient (Wildman–Crippen LogP) is 2.63. The summed E-state index contributed by atoms with van der Waals surface area (Å²) >= 11 is 0. The maximum atomic E-state index is 12.4. The number of aromatic nitrogens is 1. The Labute approximate surface area is 115 Å². The molecule has 4 nitrogen and oxygen atoms in total. The summed E-state index contributed by atoms with van der Waals surface area (Å²) in [7, 11) is 1.88. The van der Waals surface area contributed by atoms with Gasteiger partial charge in [-0.3, -0.25) is 4.79 Å². The van der Waals surface area contributed by atoms with Gasteiger partial charge in [0.25, 0.3) is 5.91 Å². The van der Waals surface area contributed by atoms with E-state index in [0.29, 0.717) is 17.3 Å². The van der Waals surface area contributed by atoms with Crippen molar-refractivity contribution in [1.29, 1.82) is 0 Å². The normalized spacial score (nSPS) is 21.0. The third-order valence-electron chi connectivity index (χ3n) is 3.71. The molecule has 2 unspecified atom stereocenters.